The minimum Gasteiger partial charge on any atom is -0.508 e. The van der Waals surface area contributed by atoms with Crippen LogP contribution < -0.4 is 4.74 Å². The van der Waals surface area contributed by atoms with Crippen molar-refractivity contribution in [2.24, 2.45) is 0 Å². The molecule has 0 aliphatic carbocycles. The van der Waals surface area contributed by atoms with Crippen molar-refractivity contribution in [3.05, 3.63) is 59.7 Å². The Kier molecular flexibility index (Phi) is 17.4. The highest BCUT2D eigenvalue weighted by molar-refractivity contribution is 9.10. The molecule has 2 rings (SSSR count). The first-order chi connectivity index (χ1) is 16.8. The van der Waals surface area contributed by atoms with Gasteiger partial charge in [-0.05, 0) is 51.0 Å². The lowest BCUT2D eigenvalue weighted by molar-refractivity contribution is -0.151. The molecule has 0 aliphatic heterocycles. The molecule has 2 atom stereocenters. The molecular formula is C26H33BrO8. The van der Waals surface area contributed by atoms with Crippen LogP contribution >= 0.6 is 15.9 Å². The Bertz CT molecular complexity index is 916. The predicted molar refractivity (Wildman–Crippen MR) is 136 cm³/mol. The summed E-state index contributed by atoms with van der Waals surface area (Å²) < 4.78 is 15.1. The number of aldehydes is 2. The van der Waals surface area contributed by atoms with Gasteiger partial charge in [-0.25, -0.2) is 4.79 Å². The zero-order valence-corrected chi connectivity index (χ0v) is 22.0. The molecule has 2 aromatic rings. The molecular weight excluding hydrogens is 520 g/mol. The summed E-state index contributed by atoms with van der Waals surface area (Å²) in [5.74, 6) is 0.0700. The second-order valence-electron chi connectivity index (χ2n) is 6.80. The van der Waals surface area contributed by atoms with Crippen molar-refractivity contribution in [3.63, 3.8) is 0 Å². The van der Waals surface area contributed by atoms with E-state index in [2.05, 4.69) is 15.9 Å². The zero-order chi connectivity index (χ0) is 26.6. The number of carbonyl (C=O) groups is 4. The number of phenols is 1. The van der Waals surface area contributed by atoms with Crippen molar-refractivity contribution in [3.8, 4) is 11.5 Å². The molecule has 2 unspecified atom stereocenters. The monoisotopic (exact) mass is 552 g/mol. The van der Waals surface area contributed by atoms with Gasteiger partial charge in [0, 0.05) is 11.1 Å². The molecule has 0 saturated carbocycles. The highest BCUT2D eigenvalue weighted by Gasteiger charge is 2.19. The molecule has 2 aromatic carbocycles. The van der Waals surface area contributed by atoms with Crippen LogP contribution in [0.4, 0.5) is 0 Å². The van der Waals surface area contributed by atoms with Crippen LogP contribution in [0.3, 0.4) is 0 Å². The molecule has 0 saturated heterocycles. The van der Waals surface area contributed by atoms with Crippen LogP contribution in [0.2, 0.25) is 0 Å². The fraction of sp³-hybridized carbons (Fsp3) is 0.385. The van der Waals surface area contributed by atoms with E-state index in [1.807, 2.05) is 13.8 Å². The van der Waals surface area contributed by atoms with Gasteiger partial charge in [-0.2, -0.15) is 0 Å². The smallest absolute Gasteiger partial charge is 0.347 e. The Hall–Kier alpha value is -3.20. The standard InChI is InChI=1S/C13H16O4.C7H6O2.C6H11BrO2/c1-3-12(13(15)16-4-2)17-11-7-5-6-10(8-11)9-14;8-5-6-2-1-3-7(9)4-6;1-3-5(7)6(8)9-4-2/h5-9,12H,3-4H2,1-2H3;1-5,9H;5H,3-4H2,1-2H3. The molecule has 0 aliphatic rings. The first-order valence-corrected chi connectivity index (χ1v) is 12.1. The number of esters is 2. The third-order valence-corrected chi connectivity index (χ3v) is 5.12. The number of aromatic hydroxyl groups is 1. The number of hydrogen-bond donors (Lipinski definition) is 1. The summed E-state index contributed by atoms with van der Waals surface area (Å²) in [6.45, 7) is 8.10. The molecule has 0 fully saturated rings. The number of alkyl halides is 1. The number of benzene rings is 2. The van der Waals surface area contributed by atoms with E-state index in [9.17, 15) is 19.2 Å². The van der Waals surface area contributed by atoms with E-state index in [-0.39, 0.29) is 22.5 Å². The summed E-state index contributed by atoms with van der Waals surface area (Å²) in [5.41, 5.74) is 1.01. The van der Waals surface area contributed by atoms with Gasteiger partial charge in [0.05, 0.1) is 13.2 Å². The van der Waals surface area contributed by atoms with E-state index in [1.54, 1.807) is 50.2 Å². The van der Waals surface area contributed by atoms with Gasteiger partial charge in [-0.15, -0.1) is 0 Å². The Labute approximate surface area is 214 Å². The lowest BCUT2D eigenvalue weighted by Gasteiger charge is -2.16. The molecule has 0 heterocycles. The predicted octanol–water partition coefficient (Wildman–Crippen LogP) is 5.15. The molecule has 0 aromatic heterocycles. The second-order valence-corrected chi connectivity index (χ2v) is 7.90. The summed E-state index contributed by atoms with van der Waals surface area (Å²) in [5, 5.41) is 8.79. The van der Waals surface area contributed by atoms with Crippen molar-refractivity contribution >= 4 is 40.4 Å². The Balaban J connectivity index is 0.000000543. The third kappa shape index (κ3) is 13.9. The second kappa shape index (κ2) is 19.1. The minimum atomic E-state index is -0.628. The number of hydrogen-bond acceptors (Lipinski definition) is 8. The zero-order valence-electron chi connectivity index (χ0n) is 20.4. The van der Waals surface area contributed by atoms with Crippen LogP contribution in [-0.2, 0) is 19.1 Å². The summed E-state index contributed by atoms with van der Waals surface area (Å²) in [7, 11) is 0. The molecule has 1 N–H and O–H groups in total. The van der Waals surface area contributed by atoms with Crippen LogP contribution in [0.15, 0.2) is 48.5 Å². The fourth-order valence-corrected chi connectivity index (χ4v) is 2.49. The highest BCUT2D eigenvalue weighted by atomic mass is 79.9. The topological polar surface area (TPSA) is 116 Å². The quantitative estimate of drug-likeness (QED) is 0.244. The number of ether oxygens (including phenoxy) is 3. The van der Waals surface area contributed by atoms with Crippen molar-refractivity contribution in [1.82, 2.24) is 0 Å². The van der Waals surface area contributed by atoms with Gasteiger partial charge in [-0.1, -0.05) is 54.0 Å². The van der Waals surface area contributed by atoms with Crippen molar-refractivity contribution in [2.45, 2.75) is 51.5 Å². The van der Waals surface area contributed by atoms with E-state index in [0.29, 0.717) is 42.8 Å². The summed E-state index contributed by atoms with van der Waals surface area (Å²) in [6, 6.07) is 12.9. The largest absolute Gasteiger partial charge is 0.508 e. The molecule has 0 radical (unpaired) electrons. The van der Waals surface area contributed by atoms with Gasteiger partial charge in [0.1, 0.15) is 28.9 Å². The van der Waals surface area contributed by atoms with Gasteiger partial charge >= 0.3 is 11.9 Å². The van der Waals surface area contributed by atoms with Crippen LogP contribution in [0, 0.1) is 0 Å². The van der Waals surface area contributed by atoms with E-state index in [4.69, 9.17) is 19.3 Å². The Morgan fingerprint density at radius 3 is 1.86 bits per heavy atom. The average molecular weight is 553 g/mol. The van der Waals surface area contributed by atoms with Crippen LogP contribution in [-0.4, -0.2) is 53.8 Å². The number of rotatable bonds is 10. The maximum atomic E-state index is 11.5. The summed E-state index contributed by atoms with van der Waals surface area (Å²) >= 11 is 3.17. The molecule has 0 spiro atoms. The SMILES string of the molecule is CCOC(=O)C(Br)CC.CCOC(=O)C(CC)Oc1cccc(C=O)c1.O=Cc1cccc(O)c1. The lowest BCUT2D eigenvalue weighted by Crippen LogP contribution is -2.28. The first kappa shape index (κ1) is 31.8. The Morgan fingerprint density at radius 2 is 1.40 bits per heavy atom. The van der Waals surface area contributed by atoms with Crippen molar-refractivity contribution in [2.75, 3.05) is 13.2 Å². The summed E-state index contributed by atoms with van der Waals surface area (Å²) in [6.07, 6.45) is 2.10. The van der Waals surface area contributed by atoms with Gasteiger partial charge in [0.2, 0.25) is 0 Å². The molecule has 8 nitrogen and oxygen atoms in total. The molecule has 0 amide bonds. The van der Waals surface area contributed by atoms with Crippen LogP contribution in [0.1, 0.15) is 61.3 Å². The highest BCUT2D eigenvalue weighted by Crippen LogP contribution is 2.15. The number of halogens is 1. The van der Waals surface area contributed by atoms with Gasteiger partial charge in [-0.3, -0.25) is 14.4 Å². The van der Waals surface area contributed by atoms with Gasteiger partial charge in [0.25, 0.3) is 0 Å². The van der Waals surface area contributed by atoms with E-state index < -0.39 is 6.10 Å². The van der Waals surface area contributed by atoms with Crippen LogP contribution in [0.25, 0.3) is 0 Å². The molecule has 192 valence electrons. The normalized spacial score (nSPS) is 11.2. The lowest BCUT2D eigenvalue weighted by atomic mass is 10.2. The fourth-order valence-electron chi connectivity index (χ4n) is 2.36. The van der Waals surface area contributed by atoms with Crippen LogP contribution in [0.5, 0.6) is 11.5 Å². The molecule has 0 bridgehead atoms. The first-order valence-electron chi connectivity index (χ1n) is 11.2. The van der Waals surface area contributed by atoms with Gasteiger partial charge < -0.3 is 19.3 Å². The minimum absolute atomic E-state index is 0.125. The maximum absolute atomic E-state index is 11.5. The molecule has 35 heavy (non-hydrogen) atoms. The molecule has 9 heteroatoms. The average Bonchev–Trinajstić information content (AvgIpc) is 2.87. The Morgan fingerprint density at radius 1 is 0.857 bits per heavy atom. The third-order valence-electron chi connectivity index (χ3n) is 4.10. The van der Waals surface area contributed by atoms with E-state index in [0.717, 1.165) is 12.7 Å². The van der Waals surface area contributed by atoms with Crippen molar-refractivity contribution in [1.29, 1.82) is 0 Å². The van der Waals surface area contributed by atoms with Gasteiger partial charge in [0.15, 0.2) is 6.10 Å². The maximum Gasteiger partial charge on any atom is 0.347 e. The van der Waals surface area contributed by atoms with E-state index >= 15 is 0 Å². The summed E-state index contributed by atoms with van der Waals surface area (Å²) in [4.78, 5) is 42.7. The number of carbonyl (C=O) groups excluding carboxylic acids is 4. The number of phenolic OH excluding ortho intramolecular Hbond substituents is 1. The van der Waals surface area contributed by atoms with E-state index in [1.165, 1.54) is 12.1 Å². The van der Waals surface area contributed by atoms with Crippen molar-refractivity contribution < 1.29 is 38.5 Å².